The van der Waals surface area contributed by atoms with Crippen LogP contribution in [0, 0.1) is 12.7 Å². The van der Waals surface area contributed by atoms with E-state index in [4.69, 9.17) is 5.84 Å². The number of nitrogens with one attached hydrogen (secondary N) is 1. The molecule has 3 N–H and O–H groups in total. The van der Waals surface area contributed by atoms with Crippen LogP contribution in [0.4, 0.5) is 4.39 Å². The molecule has 2 aromatic carbocycles. The lowest BCUT2D eigenvalue weighted by Crippen LogP contribution is -2.29. The summed E-state index contributed by atoms with van der Waals surface area (Å²) in [6.07, 6.45) is 0.534. The molecule has 0 saturated carbocycles. The van der Waals surface area contributed by atoms with Gasteiger partial charge in [-0.2, -0.15) is 0 Å². The molecule has 1 unspecified atom stereocenters. The van der Waals surface area contributed by atoms with E-state index < -0.39 is 0 Å². The second-order valence-electron chi connectivity index (χ2n) is 4.43. The van der Waals surface area contributed by atoms with Crippen molar-refractivity contribution in [2.75, 3.05) is 0 Å². The third-order valence-electron chi connectivity index (χ3n) is 3.03. The van der Waals surface area contributed by atoms with Gasteiger partial charge in [0, 0.05) is 0 Å². The molecule has 0 aliphatic rings. The van der Waals surface area contributed by atoms with E-state index in [2.05, 4.69) is 11.5 Å². The van der Waals surface area contributed by atoms with Crippen LogP contribution >= 0.6 is 0 Å². The van der Waals surface area contributed by atoms with Crippen LogP contribution in [-0.2, 0) is 6.42 Å². The summed E-state index contributed by atoms with van der Waals surface area (Å²) in [5.74, 6) is 5.39. The van der Waals surface area contributed by atoms with Gasteiger partial charge in [0.05, 0.1) is 6.04 Å². The Kier molecular flexibility index (Phi) is 4.07. The molecule has 0 aliphatic carbocycles. The molecule has 0 heterocycles. The third-order valence-corrected chi connectivity index (χ3v) is 3.03. The van der Waals surface area contributed by atoms with E-state index in [0.29, 0.717) is 12.0 Å². The van der Waals surface area contributed by atoms with Crippen LogP contribution < -0.4 is 11.3 Å². The predicted molar refractivity (Wildman–Crippen MR) is 71.3 cm³/mol. The fraction of sp³-hybridized carbons (Fsp3) is 0.200. The Hall–Kier alpha value is -1.71. The number of hydrogen-bond donors (Lipinski definition) is 2. The van der Waals surface area contributed by atoms with Gasteiger partial charge < -0.3 is 0 Å². The van der Waals surface area contributed by atoms with Gasteiger partial charge in [-0.3, -0.25) is 11.3 Å². The Morgan fingerprint density at radius 2 is 1.94 bits per heavy atom. The molecule has 0 bridgehead atoms. The van der Waals surface area contributed by atoms with E-state index in [-0.39, 0.29) is 11.9 Å². The molecule has 2 aromatic rings. The quantitative estimate of drug-likeness (QED) is 0.641. The van der Waals surface area contributed by atoms with Crippen molar-refractivity contribution in [2.24, 2.45) is 5.84 Å². The maximum atomic E-state index is 13.6. The predicted octanol–water partition coefficient (Wildman–Crippen LogP) is 2.88. The molecular weight excluding hydrogens is 227 g/mol. The second kappa shape index (κ2) is 5.76. The Labute approximate surface area is 107 Å². The standard InChI is InChI=1S/C15H17FN2/c1-11-5-4-7-13(9-11)15(18-17)10-12-6-2-3-8-14(12)16/h2-9,15,18H,10,17H2,1H3. The first-order valence-electron chi connectivity index (χ1n) is 5.97. The zero-order valence-electron chi connectivity index (χ0n) is 10.4. The number of aryl methyl sites for hydroxylation is 1. The van der Waals surface area contributed by atoms with E-state index in [0.717, 1.165) is 5.56 Å². The van der Waals surface area contributed by atoms with Crippen molar-refractivity contribution in [3.8, 4) is 0 Å². The first-order chi connectivity index (χ1) is 8.70. The largest absolute Gasteiger partial charge is 0.271 e. The van der Waals surface area contributed by atoms with Crippen molar-refractivity contribution >= 4 is 0 Å². The summed E-state index contributed by atoms with van der Waals surface area (Å²) in [5.41, 5.74) is 5.66. The van der Waals surface area contributed by atoms with Gasteiger partial charge >= 0.3 is 0 Å². The number of rotatable bonds is 4. The molecule has 3 heteroatoms. The van der Waals surface area contributed by atoms with E-state index in [1.807, 2.05) is 31.2 Å². The highest BCUT2D eigenvalue weighted by molar-refractivity contribution is 5.27. The van der Waals surface area contributed by atoms with E-state index >= 15 is 0 Å². The average molecular weight is 244 g/mol. The molecule has 0 amide bonds. The van der Waals surface area contributed by atoms with Crippen molar-refractivity contribution < 1.29 is 4.39 Å². The molecule has 1 atom stereocenters. The van der Waals surface area contributed by atoms with Crippen LogP contribution in [0.5, 0.6) is 0 Å². The average Bonchev–Trinajstić information content (AvgIpc) is 2.38. The minimum atomic E-state index is -0.189. The fourth-order valence-electron chi connectivity index (χ4n) is 2.04. The summed E-state index contributed by atoms with van der Waals surface area (Å²) in [7, 11) is 0. The van der Waals surface area contributed by atoms with Gasteiger partial charge in [0.2, 0.25) is 0 Å². The lowest BCUT2D eigenvalue weighted by Gasteiger charge is -2.17. The molecule has 0 spiro atoms. The van der Waals surface area contributed by atoms with Crippen molar-refractivity contribution in [2.45, 2.75) is 19.4 Å². The normalized spacial score (nSPS) is 12.4. The summed E-state index contributed by atoms with van der Waals surface area (Å²) in [6.45, 7) is 2.03. The molecule has 0 aromatic heterocycles. The van der Waals surface area contributed by atoms with Gasteiger partial charge in [-0.15, -0.1) is 0 Å². The lowest BCUT2D eigenvalue weighted by molar-refractivity contribution is 0.529. The molecule has 2 nitrogen and oxygen atoms in total. The molecule has 0 radical (unpaired) electrons. The highest BCUT2D eigenvalue weighted by Gasteiger charge is 2.12. The molecule has 94 valence electrons. The zero-order chi connectivity index (χ0) is 13.0. The van der Waals surface area contributed by atoms with Gasteiger partial charge in [-0.1, -0.05) is 48.0 Å². The van der Waals surface area contributed by atoms with Gasteiger partial charge in [-0.05, 0) is 30.5 Å². The maximum absolute atomic E-state index is 13.6. The third kappa shape index (κ3) is 2.94. The summed E-state index contributed by atoms with van der Waals surface area (Å²) in [6, 6.07) is 14.8. The summed E-state index contributed by atoms with van der Waals surface area (Å²) in [4.78, 5) is 0. The minimum Gasteiger partial charge on any atom is -0.271 e. The number of benzene rings is 2. The van der Waals surface area contributed by atoms with Gasteiger partial charge in [0.15, 0.2) is 0 Å². The molecule has 0 aliphatic heterocycles. The molecule has 18 heavy (non-hydrogen) atoms. The van der Waals surface area contributed by atoms with Crippen molar-refractivity contribution in [1.29, 1.82) is 0 Å². The Bertz CT molecular complexity index is 525. The monoisotopic (exact) mass is 244 g/mol. The highest BCUT2D eigenvalue weighted by Crippen LogP contribution is 2.20. The highest BCUT2D eigenvalue weighted by atomic mass is 19.1. The van der Waals surface area contributed by atoms with Crippen LogP contribution in [0.15, 0.2) is 48.5 Å². The lowest BCUT2D eigenvalue weighted by atomic mass is 9.98. The Morgan fingerprint density at radius 3 is 2.61 bits per heavy atom. The van der Waals surface area contributed by atoms with Crippen molar-refractivity contribution in [1.82, 2.24) is 5.43 Å². The minimum absolute atomic E-state index is 0.0817. The summed E-state index contributed by atoms with van der Waals surface area (Å²) < 4.78 is 13.6. The number of halogens is 1. The molecule has 0 fully saturated rings. The maximum Gasteiger partial charge on any atom is 0.126 e. The van der Waals surface area contributed by atoms with Crippen LogP contribution in [0.1, 0.15) is 22.7 Å². The molecule has 2 rings (SSSR count). The number of hydrogen-bond acceptors (Lipinski definition) is 2. The van der Waals surface area contributed by atoms with Crippen molar-refractivity contribution in [3.63, 3.8) is 0 Å². The Balaban J connectivity index is 2.23. The van der Waals surface area contributed by atoms with E-state index in [9.17, 15) is 4.39 Å². The van der Waals surface area contributed by atoms with Crippen molar-refractivity contribution in [3.05, 3.63) is 71.0 Å². The number of nitrogens with two attached hydrogens (primary N) is 1. The fourth-order valence-corrected chi connectivity index (χ4v) is 2.04. The zero-order valence-corrected chi connectivity index (χ0v) is 10.4. The smallest absolute Gasteiger partial charge is 0.126 e. The SMILES string of the molecule is Cc1cccc(C(Cc2ccccc2F)NN)c1. The van der Waals surface area contributed by atoms with Crippen LogP contribution in [-0.4, -0.2) is 0 Å². The van der Waals surface area contributed by atoms with Gasteiger partial charge in [0.25, 0.3) is 0 Å². The van der Waals surface area contributed by atoms with Gasteiger partial charge in [0.1, 0.15) is 5.82 Å². The molecular formula is C15H17FN2. The van der Waals surface area contributed by atoms with Crippen LogP contribution in [0.3, 0.4) is 0 Å². The summed E-state index contributed by atoms with van der Waals surface area (Å²) in [5, 5.41) is 0. The first kappa shape index (κ1) is 12.7. The van der Waals surface area contributed by atoms with E-state index in [1.165, 1.54) is 11.6 Å². The van der Waals surface area contributed by atoms with E-state index in [1.54, 1.807) is 12.1 Å². The summed E-state index contributed by atoms with van der Waals surface area (Å²) >= 11 is 0. The first-order valence-corrected chi connectivity index (χ1v) is 5.97. The van der Waals surface area contributed by atoms with Gasteiger partial charge in [-0.25, -0.2) is 4.39 Å². The number of hydrazine groups is 1. The topological polar surface area (TPSA) is 38.0 Å². The Morgan fingerprint density at radius 1 is 1.17 bits per heavy atom. The molecule has 0 saturated heterocycles. The van der Waals surface area contributed by atoms with Crippen LogP contribution in [0.25, 0.3) is 0 Å². The van der Waals surface area contributed by atoms with Crippen LogP contribution in [0.2, 0.25) is 0 Å². The second-order valence-corrected chi connectivity index (χ2v) is 4.43.